The zero-order valence-electron chi connectivity index (χ0n) is 13.8. The minimum Gasteiger partial charge on any atom is -0.480 e. The quantitative estimate of drug-likeness (QED) is 0.750. The van der Waals surface area contributed by atoms with Gasteiger partial charge in [0.1, 0.15) is 6.54 Å². The fourth-order valence-corrected chi connectivity index (χ4v) is 2.44. The molecule has 7 heteroatoms. The second-order valence-corrected chi connectivity index (χ2v) is 5.97. The van der Waals surface area contributed by atoms with Gasteiger partial charge in [-0.05, 0) is 18.4 Å². The smallest absolute Gasteiger partial charge is 0.323 e. The molecule has 0 aromatic heterocycles. The molecular formula is C17H23N3O4. The molecule has 1 aliphatic rings. The van der Waals surface area contributed by atoms with Crippen LogP contribution in [0.25, 0.3) is 0 Å². The lowest BCUT2D eigenvalue weighted by Crippen LogP contribution is -2.41. The molecule has 1 aromatic rings. The van der Waals surface area contributed by atoms with Gasteiger partial charge in [-0.25, -0.2) is 4.79 Å². The molecule has 24 heavy (non-hydrogen) atoms. The van der Waals surface area contributed by atoms with Crippen LogP contribution >= 0.6 is 0 Å². The van der Waals surface area contributed by atoms with Crippen LogP contribution in [0.1, 0.15) is 24.8 Å². The summed E-state index contributed by atoms with van der Waals surface area (Å²) in [5.41, 5.74) is 1.02. The van der Waals surface area contributed by atoms with Crippen LogP contribution in [0.3, 0.4) is 0 Å². The average molecular weight is 333 g/mol. The number of hydrogen-bond donors (Lipinski definition) is 2. The van der Waals surface area contributed by atoms with Crippen LogP contribution in [-0.4, -0.2) is 59.0 Å². The van der Waals surface area contributed by atoms with Gasteiger partial charge in [0, 0.05) is 32.6 Å². The molecule has 2 N–H and O–H groups in total. The number of aliphatic carboxylic acids is 1. The predicted molar refractivity (Wildman–Crippen MR) is 88.3 cm³/mol. The number of benzene rings is 1. The topological polar surface area (TPSA) is 90.0 Å². The summed E-state index contributed by atoms with van der Waals surface area (Å²) in [6.07, 6.45) is 1.81. The SMILES string of the molecule is CN(Cc1ccccc1)C(=O)NCCC(=O)N(CC(=O)O)C1CC1. The van der Waals surface area contributed by atoms with E-state index in [-0.39, 0.29) is 37.5 Å². The number of carboxylic acid groups (broad SMARTS) is 1. The van der Waals surface area contributed by atoms with Crippen molar-refractivity contribution in [3.05, 3.63) is 35.9 Å². The van der Waals surface area contributed by atoms with E-state index >= 15 is 0 Å². The standard InChI is InChI=1S/C17H23N3O4/c1-19(11-13-5-3-2-4-6-13)17(24)18-10-9-15(21)20(12-16(22)23)14-7-8-14/h2-6,14H,7-12H2,1H3,(H,18,24)(H,22,23). The fourth-order valence-electron chi connectivity index (χ4n) is 2.44. The molecule has 1 fully saturated rings. The first-order chi connectivity index (χ1) is 11.5. The molecular weight excluding hydrogens is 310 g/mol. The van der Waals surface area contributed by atoms with Crippen molar-refractivity contribution in [2.24, 2.45) is 0 Å². The van der Waals surface area contributed by atoms with Gasteiger partial charge in [-0.3, -0.25) is 9.59 Å². The summed E-state index contributed by atoms with van der Waals surface area (Å²) in [6.45, 7) is 0.402. The van der Waals surface area contributed by atoms with Gasteiger partial charge >= 0.3 is 12.0 Å². The zero-order chi connectivity index (χ0) is 17.5. The molecule has 7 nitrogen and oxygen atoms in total. The van der Waals surface area contributed by atoms with Gasteiger partial charge in [-0.1, -0.05) is 30.3 Å². The zero-order valence-corrected chi connectivity index (χ0v) is 13.8. The van der Waals surface area contributed by atoms with Crippen molar-refractivity contribution in [2.45, 2.75) is 31.8 Å². The third kappa shape index (κ3) is 5.57. The van der Waals surface area contributed by atoms with Gasteiger partial charge in [0.25, 0.3) is 0 Å². The average Bonchev–Trinajstić information content (AvgIpc) is 3.37. The second kappa shape index (κ2) is 8.33. The monoisotopic (exact) mass is 333 g/mol. The summed E-state index contributed by atoms with van der Waals surface area (Å²) >= 11 is 0. The highest BCUT2D eigenvalue weighted by atomic mass is 16.4. The highest BCUT2D eigenvalue weighted by Gasteiger charge is 2.33. The van der Waals surface area contributed by atoms with Crippen LogP contribution in [0.15, 0.2) is 30.3 Å². The van der Waals surface area contributed by atoms with E-state index in [9.17, 15) is 14.4 Å². The molecule has 0 unspecified atom stereocenters. The third-order valence-corrected chi connectivity index (χ3v) is 3.84. The van der Waals surface area contributed by atoms with E-state index in [1.54, 1.807) is 7.05 Å². The Bertz CT molecular complexity index is 587. The van der Waals surface area contributed by atoms with Gasteiger partial charge in [0.15, 0.2) is 0 Å². The molecule has 3 amide bonds. The van der Waals surface area contributed by atoms with Gasteiger partial charge in [0.2, 0.25) is 5.91 Å². The molecule has 0 heterocycles. The maximum absolute atomic E-state index is 12.1. The first-order valence-corrected chi connectivity index (χ1v) is 8.01. The summed E-state index contributed by atoms with van der Waals surface area (Å²) in [5, 5.41) is 11.6. The maximum Gasteiger partial charge on any atom is 0.323 e. The van der Waals surface area contributed by atoms with E-state index in [1.807, 2.05) is 30.3 Å². The molecule has 0 saturated heterocycles. The number of carboxylic acids is 1. The summed E-state index contributed by atoms with van der Waals surface area (Å²) in [6, 6.07) is 9.40. The number of carbonyl (C=O) groups is 3. The van der Waals surface area contributed by atoms with E-state index in [2.05, 4.69) is 5.32 Å². The minimum absolute atomic E-state index is 0.0463. The van der Waals surface area contributed by atoms with Gasteiger partial charge in [-0.2, -0.15) is 0 Å². The molecule has 0 atom stereocenters. The van der Waals surface area contributed by atoms with Gasteiger partial charge < -0.3 is 20.2 Å². The van der Waals surface area contributed by atoms with E-state index in [0.717, 1.165) is 18.4 Å². The first-order valence-electron chi connectivity index (χ1n) is 8.01. The Hall–Kier alpha value is -2.57. The van der Waals surface area contributed by atoms with Crippen LogP contribution in [0, 0.1) is 0 Å². The van der Waals surface area contributed by atoms with Crippen molar-refractivity contribution in [2.75, 3.05) is 20.1 Å². The summed E-state index contributed by atoms with van der Waals surface area (Å²) < 4.78 is 0. The fraction of sp³-hybridized carbons (Fsp3) is 0.471. The summed E-state index contributed by atoms with van der Waals surface area (Å²) in [4.78, 5) is 37.9. The molecule has 0 spiro atoms. The van der Waals surface area contributed by atoms with Crippen LogP contribution in [0.4, 0.5) is 4.79 Å². The molecule has 0 bridgehead atoms. The van der Waals surface area contributed by atoms with Gasteiger partial charge in [0.05, 0.1) is 0 Å². The van der Waals surface area contributed by atoms with Gasteiger partial charge in [-0.15, -0.1) is 0 Å². The Morgan fingerprint density at radius 2 is 1.88 bits per heavy atom. The number of urea groups is 1. The van der Waals surface area contributed by atoms with Crippen molar-refractivity contribution >= 4 is 17.9 Å². The van der Waals surface area contributed by atoms with Crippen molar-refractivity contribution in [3.8, 4) is 0 Å². The number of hydrogen-bond acceptors (Lipinski definition) is 3. The molecule has 1 aromatic carbocycles. The van der Waals surface area contributed by atoms with Crippen LogP contribution < -0.4 is 5.32 Å². The molecule has 0 radical (unpaired) electrons. The third-order valence-electron chi connectivity index (χ3n) is 3.84. The lowest BCUT2D eigenvalue weighted by atomic mass is 10.2. The number of nitrogens with zero attached hydrogens (tertiary/aromatic N) is 2. The predicted octanol–water partition coefficient (Wildman–Crippen LogP) is 1.29. The Labute approximate surface area is 141 Å². The number of nitrogens with one attached hydrogen (secondary N) is 1. The minimum atomic E-state index is -1.01. The van der Waals surface area contributed by atoms with Crippen molar-refractivity contribution in [1.82, 2.24) is 15.1 Å². The molecule has 1 saturated carbocycles. The highest BCUT2D eigenvalue weighted by Crippen LogP contribution is 2.27. The van der Waals surface area contributed by atoms with E-state index < -0.39 is 5.97 Å². The van der Waals surface area contributed by atoms with E-state index in [1.165, 1.54) is 9.80 Å². The maximum atomic E-state index is 12.1. The number of amides is 3. The number of carbonyl (C=O) groups excluding carboxylic acids is 2. The molecule has 2 rings (SSSR count). The Kier molecular flexibility index (Phi) is 6.17. The Morgan fingerprint density at radius 3 is 2.46 bits per heavy atom. The van der Waals surface area contributed by atoms with Crippen molar-refractivity contribution in [1.29, 1.82) is 0 Å². The largest absolute Gasteiger partial charge is 0.480 e. The van der Waals surface area contributed by atoms with Crippen LogP contribution in [0.2, 0.25) is 0 Å². The molecule has 130 valence electrons. The van der Waals surface area contributed by atoms with E-state index in [4.69, 9.17) is 5.11 Å². The lowest BCUT2D eigenvalue weighted by molar-refractivity contribution is -0.144. The Morgan fingerprint density at radius 1 is 1.21 bits per heavy atom. The second-order valence-electron chi connectivity index (χ2n) is 5.97. The Balaban J connectivity index is 1.73. The van der Waals surface area contributed by atoms with E-state index in [0.29, 0.717) is 6.54 Å². The normalized spacial score (nSPS) is 13.2. The summed E-state index contributed by atoms with van der Waals surface area (Å²) in [7, 11) is 1.69. The van der Waals surface area contributed by atoms with Crippen molar-refractivity contribution in [3.63, 3.8) is 0 Å². The molecule has 0 aliphatic heterocycles. The van der Waals surface area contributed by atoms with Crippen molar-refractivity contribution < 1.29 is 19.5 Å². The first kappa shape index (κ1) is 17.8. The highest BCUT2D eigenvalue weighted by molar-refractivity contribution is 5.82. The van der Waals surface area contributed by atoms with Crippen LogP contribution in [-0.2, 0) is 16.1 Å². The van der Waals surface area contributed by atoms with Crippen LogP contribution in [0.5, 0.6) is 0 Å². The summed E-state index contributed by atoms with van der Waals surface area (Å²) in [5.74, 6) is -1.24. The lowest BCUT2D eigenvalue weighted by Gasteiger charge is -2.21. The molecule has 1 aliphatic carbocycles. The number of rotatable bonds is 8.